The molecule has 0 saturated heterocycles. The van der Waals surface area contributed by atoms with Gasteiger partial charge in [0.25, 0.3) is 5.91 Å². The van der Waals surface area contributed by atoms with Gasteiger partial charge in [0.1, 0.15) is 6.10 Å². The first-order chi connectivity index (χ1) is 8.19. The topological polar surface area (TPSA) is 64.3 Å². The second-order valence-electron chi connectivity index (χ2n) is 7.08. The molecule has 4 nitrogen and oxygen atoms in total. The van der Waals surface area contributed by atoms with Gasteiger partial charge in [0, 0.05) is 19.7 Å². The molecule has 1 atom stereocenters. The minimum Gasteiger partial charge on any atom is -0.370 e. The fourth-order valence-corrected chi connectivity index (χ4v) is 3.55. The average molecular weight is 256 g/mol. The summed E-state index contributed by atoms with van der Waals surface area (Å²) >= 11 is 0. The highest BCUT2D eigenvalue weighted by Gasteiger charge is 2.39. The maximum atomic E-state index is 12.0. The largest absolute Gasteiger partial charge is 0.370 e. The zero-order chi connectivity index (χ0) is 14.0. The first kappa shape index (κ1) is 15.4. The van der Waals surface area contributed by atoms with Crippen molar-refractivity contribution in [2.24, 2.45) is 16.6 Å². The van der Waals surface area contributed by atoms with Gasteiger partial charge in [-0.15, -0.1) is 0 Å². The van der Waals surface area contributed by atoms with E-state index in [-0.39, 0.29) is 29.3 Å². The summed E-state index contributed by atoms with van der Waals surface area (Å²) in [4.78, 5) is 12.0. The maximum Gasteiger partial charge on any atom is 0.250 e. The molecule has 0 aromatic rings. The fraction of sp³-hybridized carbons (Fsp3) is 0.929. The third-order valence-corrected chi connectivity index (χ3v) is 3.69. The molecule has 0 aliphatic heterocycles. The van der Waals surface area contributed by atoms with E-state index in [4.69, 9.17) is 10.5 Å². The van der Waals surface area contributed by atoms with E-state index in [1.54, 1.807) is 0 Å². The van der Waals surface area contributed by atoms with Gasteiger partial charge in [-0.25, -0.2) is 0 Å². The number of ether oxygens (including phenoxy) is 1. The molecule has 0 aromatic heterocycles. The molecule has 0 spiro atoms. The number of nitrogens with one attached hydrogen (secondary N) is 1. The zero-order valence-corrected chi connectivity index (χ0v) is 12.4. The van der Waals surface area contributed by atoms with E-state index >= 15 is 0 Å². The Labute approximate surface area is 111 Å². The molecule has 0 bridgehead atoms. The normalized spacial score (nSPS) is 24.6. The van der Waals surface area contributed by atoms with E-state index in [1.165, 1.54) is 13.5 Å². The highest BCUT2D eigenvalue weighted by Crippen LogP contribution is 2.45. The van der Waals surface area contributed by atoms with Gasteiger partial charge in [0.2, 0.25) is 0 Å². The van der Waals surface area contributed by atoms with Crippen LogP contribution < -0.4 is 11.1 Å². The lowest BCUT2D eigenvalue weighted by atomic mass is 9.63. The maximum absolute atomic E-state index is 12.0. The van der Waals surface area contributed by atoms with Crippen LogP contribution in [0.5, 0.6) is 0 Å². The molecule has 106 valence electrons. The summed E-state index contributed by atoms with van der Waals surface area (Å²) in [6, 6.07) is 0.223. The number of carbonyl (C=O) groups excluding carboxylic acids is 1. The number of amides is 1. The van der Waals surface area contributed by atoms with Gasteiger partial charge in [-0.2, -0.15) is 0 Å². The number of hydrogen-bond donors (Lipinski definition) is 2. The number of nitrogens with two attached hydrogens (primary N) is 1. The van der Waals surface area contributed by atoms with Crippen LogP contribution in [0.2, 0.25) is 0 Å². The van der Waals surface area contributed by atoms with Crippen LogP contribution in [0.4, 0.5) is 0 Å². The van der Waals surface area contributed by atoms with E-state index in [1.807, 2.05) is 0 Å². The summed E-state index contributed by atoms with van der Waals surface area (Å²) in [7, 11) is 1.52. The van der Waals surface area contributed by atoms with Crippen molar-refractivity contribution < 1.29 is 9.53 Å². The van der Waals surface area contributed by atoms with Crippen molar-refractivity contribution in [3.63, 3.8) is 0 Å². The number of rotatable bonds is 4. The Hall–Kier alpha value is -0.610. The van der Waals surface area contributed by atoms with E-state index in [9.17, 15) is 4.79 Å². The van der Waals surface area contributed by atoms with Gasteiger partial charge in [-0.05, 0) is 30.1 Å². The second-order valence-corrected chi connectivity index (χ2v) is 7.08. The van der Waals surface area contributed by atoms with E-state index < -0.39 is 6.10 Å². The molecule has 0 aromatic carbocycles. The van der Waals surface area contributed by atoms with Crippen LogP contribution in [-0.2, 0) is 9.53 Å². The molecule has 1 aliphatic carbocycles. The monoisotopic (exact) mass is 256 g/mol. The second kappa shape index (κ2) is 5.57. The van der Waals surface area contributed by atoms with E-state index in [0.717, 1.165) is 12.8 Å². The van der Waals surface area contributed by atoms with Gasteiger partial charge in [-0.3, -0.25) is 4.79 Å². The van der Waals surface area contributed by atoms with Crippen LogP contribution >= 0.6 is 0 Å². The standard InChI is InChI=1S/C14H28N2O2/c1-13(2)6-10(7-14(3,4)9-13)16-12(17)11(8-15)18-5/h10-11H,6-9,15H2,1-5H3,(H,16,17). The molecule has 1 saturated carbocycles. The van der Waals surface area contributed by atoms with Gasteiger partial charge in [0.15, 0.2) is 0 Å². The Balaban J connectivity index is 2.64. The molecule has 0 heterocycles. The van der Waals surface area contributed by atoms with Crippen LogP contribution in [0.25, 0.3) is 0 Å². The zero-order valence-electron chi connectivity index (χ0n) is 12.4. The molecule has 18 heavy (non-hydrogen) atoms. The predicted octanol–water partition coefficient (Wildman–Crippen LogP) is 1.68. The number of carbonyl (C=O) groups is 1. The Bertz CT molecular complexity index is 280. The van der Waals surface area contributed by atoms with Crippen molar-refractivity contribution >= 4 is 5.91 Å². The molecule has 3 N–H and O–H groups in total. The first-order valence-electron chi connectivity index (χ1n) is 6.72. The molecule has 1 rings (SSSR count). The summed E-state index contributed by atoms with van der Waals surface area (Å²) in [5, 5.41) is 3.09. The molecule has 0 radical (unpaired) electrons. The SMILES string of the molecule is COC(CN)C(=O)NC1CC(C)(C)CC(C)(C)C1. The van der Waals surface area contributed by atoms with E-state index in [0.29, 0.717) is 0 Å². The van der Waals surface area contributed by atoms with Crippen molar-refractivity contribution in [3.05, 3.63) is 0 Å². The Morgan fingerprint density at radius 3 is 2.22 bits per heavy atom. The van der Waals surface area contributed by atoms with Gasteiger partial charge in [-0.1, -0.05) is 27.7 Å². The lowest BCUT2D eigenvalue weighted by Crippen LogP contribution is -2.50. The van der Waals surface area contributed by atoms with Gasteiger partial charge in [0.05, 0.1) is 0 Å². The fourth-order valence-electron chi connectivity index (χ4n) is 3.55. The Morgan fingerprint density at radius 2 is 1.83 bits per heavy atom. The predicted molar refractivity (Wildman–Crippen MR) is 73.2 cm³/mol. The van der Waals surface area contributed by atoms with Crippen molar-refractivity contribution in [3.8, 4) is 0 Å². The Morgan fingerprint density at radius 1 is 1.33 bits per heavy atom. The van der Waals surface area contributed by atoms with Crippen LogP contribution in [-0.4, -0.2) is 31.7 Å². The van der Waals surface area contributed by atoms with Crippen LogP contribution in [0.1, 0.15) is 47.0 Å². The van der Waals surface area contributed by atoms with Gasteiger partial charge < -0.3 is 15.8 Å². The smallest absolute Gasteiger partial charge is 0.250 e. The highest BCUT2D eigenvalue weighted by molar-refractivity contribution is 5.81. The van der Waals surface area contributed by atoms with Gasteiger partial charge >= 0.3 is 0 Å². The molecule has 1 amide bonds. The minimum atomic E-state index is -0.529. The first-order valence-corrected chi connectivity index (χ1v) is 6.72. The quantitative estimate of drug-likeness (QED) is 0.804. The third-order valence-electron chi connectivity index (χ3n) is 3.69. The summed E-state index contributed by atoms with van der Waals surface area (Å²) in [6.07, 6.45) is 2.70. The molecule has 1 fully saturated rings. The minimum absolute atomic E-state index is 0.0847. The molecular formula is C14H28N2O2. The summed E-state index contributed by atoms with van der Waals surface area (Å²) in [6.45, 7) is 9.29. The van der Waals surface area contributed by atoms with Crippen molar-refractivity contribution in [1.82, 2.24) is 5.32 Å². The third kappa shape index (κ3) is 4.25. The number of hydrogen-bond acceptors (Lipinski definition) is 3. The summed E-state index contributed by atoms with van der Waals surface area (Å²) < 4.78 is 5.07. The van der Waals surface area contributed by atoms with Crippen LogP contribution in [0.3, 0.4) is 0 Å². The van der Waals surface area contributed by atoms with Crippen molar-refractivity contribution in [2.45, 2.75) is 59.1 Å². The van der Waals surface area contributed by atoms with Crippen LogP contribution in [0.15, 0.2) is 0 Å². The molecule has 1 aliphatic rings. The number of methoxy groups -OCH3 is 1. The summed E-state index contributed by atoms with van der Waals surface area (Å²) in [5.41, 5.74) is 6.05. The van der Waals surface area contributed by atoms with Crippen molar-refractivity contribution in [1.29, 1.82) is 0 Å². The van der Waals surface area contributed by atoms with Crippen molar-refractivity contribution in [2.75, 3.05) is 13.7 Å². The Kier molecular flexibility index (Phi) is 4.78. The lowest BCUT2D eigenvalue weighted by molar-refractivity contribution is -0.132. The highest BCUT2D eigenvalue weighted by atomic mass is 16.5. The summed E-state index contributed by atoms with van der Waals surface area (Å²) in [5.74, 6) is -0.0847. The van der Waals surface area contributed by atoms with E-state index in [2.05, 4.69) is 33.0 Å². The molecule has 1 unspecified atom stereocenters. The van der Waals surface area contributed by atoms with Crippen LogP contribution in [0, 0.1) is 10.8 Å². The lowest BCUT2D eigenvalue weighted by Gasteiger charge is -2.45. The molecular weight excluding hydrogens is 228 g/mol. The average Bonchev–Trinajstić information content (AvgIpc) is 2.13. The molecule has 4 heteroatoms.